The Hall–Kier alpha value is -4.34. The van der Waals surface area contributed by atoms with Gasteiger partial charge in [0.15, 0.2) is 0 Å². The number of benzene rings is 4. The van der Waals surface area contributed by atoms with Crippen molar-refractivity contribution >= 4 is 54.3 Å². The molecule has 0 unspecified atom stereocenters. The summed E-state index contributed by atoms with van der Waals surface area (Å²) in [5.74, 6) is 1.37. The molecule has 3 aromatic heterocycles. The Kier molecular flexibility index (Phi) is 7.36. The number of rotatable bonds is 1. The summed E-state index contributed by atoms with van der Waals surface area (Å²) in [6.45, 7) is 0. The van der Waals surface area contributed by atoms with Crippen molar-refractivity contribution in [1.29, 1.82) is 0 Å². The van der Waals surface area contributed by atoms with E-state index in [1.54, 1.807) is 6.07 Å². The van der Waals surface area contributed by atoms with Crippen LogP contribution in [-0.4, -0.2) is 42.9 Å². The van der Waals surface area contributed by atoms with Crippen molar-refractivity contribution in [2.24, 2.45) is 0 Å². The molecule has 0 saturated heterocycles. The summed E-state index contributed by atoms with van der Waals surface area (Å²) >= 11 is 0. The van der Waals surface area contributed by atoms with Crippen molar-refractivity contribution in [2.75, 3.05) is 0 Å². The molecule has 9 rings (SSSR count). The quantitative estimate of drug-likeness (QED) is 0.185. The molecule has 4 aromatic carbocycles. The fraction of sp³-hybridized carbons (Fsp3) is 0. The topological polar surface area (TPSA) is 163 Å². The van der Waals surface area contributed by atoms with E-state index < -0.39 is 15.0 Å². The van der Waals surface area contributed by atoms with Crippen molar-refractivity contribution in [3.05, 3.63) is 91.0 Å². The summed E-state index contributed by atoms with van der Waals surface area (Å²) in [4.78, 5) is 37.7. The van der Waals surface area contributed by atoms with Gasteiger partial charge in [0, 0.05) is 50.2 Å². The Morgan fingerprint density at radius 2 is 0.848 bits per heavy atom. The van der Waals surface area contributed by atoms with E-state index in [-0.39, 0.29) is 68.8 Å². The molecule has 11 nitrogen and oxygen atoms in total. The van der Waals surface area contributed by atoms with Crippen molar-refractivity contribution in [3.8, 4) is 45.6 Å². The van der Waals surface area contributed by atoms with Gasteiger partial charge < -0.3 is 34.5 Å². The van der Waals surface area contributed by atoms with Crippen LogP contribution in [0.5, 0.6) is 0 Å². The molecule has 2 aliphatic rings. The summed E-state index contributed by atoms with van der Waals surface area (Å²) in [6, 6.07) is 27.0. The first-order valence-electron chi connectivity index (χ1n) is 13.5. The summed E-state index contributed by atoms with van der Waals surface area (Å²) < 4.78 is 37.2. The van der Waals surface area contributed by atoms with Crippen LogP contribution in [0, 0.1) is 0 Å². The molecule has 2 aliphatic heterocycles. The molecular formula is C32H15CoN8NaO3S. The predicted octanol–water partition coefficient (Wildman–Crippen LogP) is 2.03. The van der Waals surface area contributed by atoms with Crippen molar-refractivity contribution in [2.45, 2.75) is 4.90 Å². The third-order valence-electron chi connectivity index (χ3n) is 7.68. The summed E-state index contributed by atoms with van der Waals surface area (Å²) in [6.07, 6.45) is 0. The van der Waals surface area contributed by atoms with Gasteiger partial charge in [0.2, 0.25) is 0 Å². The minimum atomic E-state index is -4.89. The van der Waals surface area contributed by atoms with E-state index in [1.165, 1.54) is 12.1 Å². The Morgan fingerprint density at radius 3 is 1.30 bits per heavy atom. The van der Waals surface area contributed by atoms with E-state index >= 15 is 0 Å². The molecule has 0 aliphatic carbocycles. The van der Waals surface area contributed by atoms with Crippen LogP contribution < -0.4 is 39.5 Å². The molecule has 1 radical (unpaired) electrons. The van der Waals surface area contributed by atoms with E-state index in [0.29, 0.717) is 50.8 Å². The van der Waals surface area contributed by atoms with Gasteiger partial charge in [0.05, 0.1) is 28.2 Å². The Balaban J connectivity index is 0.00000169. The third kappa shape index (κ3) is 4.67. The molecule has 0 atom stereocenters. The normalized spacial score (nSPS) is 11.8. The van der Waals surface area contributed by atoms with Gasteiger partial charge in [-0.05, 0) is 22.2 Å². The van der Waals surface area contributed by atoms with Crippen molar-refractivity contribution in [1.82, 2.24) is 39.9 Å². The van der Waals surface area contributed by atoms with E-state index in [2.05, 4.69) is 4.98 Å². The van der Waals surface area contributed by atoms with E-state index in [4.69, 9.17) is 34.9 Å². The van der Waals surface area contributed by atoms with Crippen LogP contribution in [0.1, 0.15) is 0 Å². The van der Waals surface area contributed by atoms with Crippen LogP contribution in [0.25, 0.3) is 89.7 Å². The number of fused-ring (bicyclic) bond motifs is 20. The number of nitrogens with zero attached hydrogens (tertiary/aromatic N) is 8. The van der Waals surface area contributed by atoms with E-state index in [0.717, 1.165) is 16.3 Å². The molecule has 5 heterocycles. The van der Waals surface area contributed by atoms with Crippen LogP contribution in [0.4, 0.5) is 0 Å². The van der Waals surface area contributed by atoms with Crippen LogP contribution in [0.15, 0.2) is 95.9 Å². The molecule has 0 fully saturated rings. The van der Waals surface area contributed by atoms with Gasteiger partial charge in [0.25, 0.3) is 0 Å². The number of hydrogen-bond donors (Lipinski definition) is 0. The van der Waals surface area contributed by atoms with Gasteiger partial charge in [-0.3, -0.25) is 0 Å². The van der Waals surface area contributed by atoms with Crippen LogP contribution >= 0.6 is 0 Å². The molecule has 8 bridgehead atoms. The zero-order chi connectivity index (χ0) is 29.6. The fourth-order valence-electron chi connectivity index (χ4n) is 5.73. The second kappa shape index (κ2) is 11.2. The number of aromatic nitrogens is 8. The molecule has 0 spiro atoms. The zero-order valence-corrected chi connectivity index (χ0v) is 27.6. The standard InChI is InChI=1S/C32H16N8O3S.Co.Na/c41-44(42,43)23-15-7-14-22-24(23)32-39-30-21-13-6-5-12-20(21)28(37-30)35-26-17-9-2-1-8-16(17)25(33-26)34-27-18-10-3-4-11-19(18)29(36-27)38-31(22)40-32;;/h1-15H,(H-2,33,34,35,36,37,38,39,40,41,42,43);;/q-2;+2;+1/p-1. The van der Waals surface area contributed by atoms with Crippen molar-refractivity contribution in [3.63, 3.8) is 0 Å². The van der Waals surface area contributed by atoms with Gasteiger partial charge in [0.1, 0.15) is 10.1 Å². The fourth-order valence-corrected chi connectivity index (χ4v) is 6.43. The molecule has 0 N–H and O–H groups in total. The smallest absolute Gasteiger partial charge is 0.744 e. The van der Waals surface area contributed by atoms with Gasteiger partial charge in [-0.1, -0.05) is 84.9 Å². The monoisotopic (exact) mass is 673 g/mol. The Labute approximate surface area is 292 Å². The van der Waals surface area contributed by atoms with Crippen LogP contribution in [-0.2, 0) is 26.9 Å². The molecule has 0 amide bonds. The second-order valence-corrected chi connectivity index (χ2v) is 11.6. The summed E-state index contributed by atoms with van der Waals surface area (Å²) in [7, 11) is -4.89. The Bertz CT molecular complexity index is 2670. The van der Waals surface area contributed by atoms with Crippen LogP contribution in [0.2, 0.25) is 0 Å². The van der Waals surface area contributed by atoms with Gasteiger partial charge in [-0.25, -0.2) is 18.4 Å². The molecule has 7 aromatic rings. The maximum absolute atomic E-state index is 12.4. The van der Waals surface area contributed by atoms with Gasteiger partial charge in [-0.15, -0.1) is 0 Å². The first-order chi connectivity index (χ1) is 21.4. The average molecular weight is 674 g/mol. The molecular weight excluding hydrogens is 658 g/mol. The minimum absolute atomic E-state index is 0. The summed E-state index contributed by atoms with van der Waals surface area (Å²) in [5, 5.41) is 2.00. The second-order valence-electron chi connectivity index (χ2n) is 10.3. The number of hydrogen-bond acceptors (Lipinski definition) is 9. The van der Waals surface area contributed by atoms with Gasteiger partial charge in [-0.2, -0.15) is 0 Å². The Morgan fingerprint density at radius 1 is 0.478 bits per heavy atom. The molecule has 46 heavy (non-hydrogen) atoms. The maximum Gasteiger partial charge on any atom is 2.00 e. The third-order valence-corrected chi connectivity index (χ3v) is 8.56. The maximum atomic E-state index is 12.4. The molecule has 217 valence electrons. The van der Waals surface area contributed by atoms with Crippen LogP contribution in [0.3, 0.4) is 0 Å². The van der Waals surface area contributed by atoms with E-state index in [1.807, 2.05) is 72.8 Å². The minimum Gasteiger partial charge on any atom is -0.744 e. The largest absolute Gasteiger partial charge is 2.00 e. The summed E-state index contributed by atoms with van der Waals surface area (Å²) in [5.41, 5.74) is 3.88. The zero-order valence-electron chi connectivity index (χ0n) is 23.7. The first kappa shape index (κ1) is 30.3. The van der Waals surface area contributed by atoms with E-state index in [9.17, 15) is 13.0 Å². The SMILES string of the molecule is O=S(=O)([O-])c1cccc2c3nc4nc(nc5[n-]c(nc6nc(nc([n-]3)c12)-c1ccccc1-6)c1ccccc51)-c1ccccc1-4.[Co+2].[Na+]. The average Bonchev–Trinajstić information content (AvgIpc) is 3.76. The van der Waals surface area contributed by atoms with Gasteiger partial charge >= 0.3 is 46.3 Å². The molecule has 14 heteroatoms. The van der Waals surface area contributed by atoms with Crippen molar-refractivity contribution < 1.29 is 59.3 Å². The molecule has 0 saturated carbocycles. The first-order valence-corrected chi connectivity index (χ1v) is 14.9. The predicted molar refractivity (Wildman–Crippen MR) is 162 cm³/mol.